The summed E-state index contributed by atoms with van der Waals surface area (Å²) < 4.78 is 0. The Bertz CT molecular complexity index is 404. The summed E-state index contributed by atoms with van der Waals surface area (Å²) in [6.45, 7) is 2.22. The molecule has 0 radical (unpaired) electrons. The number of hydrogen-bond donors (Lipinski definition) is 2. The van der Waals surface area contributed by atoms with Crippen molar-refractivity contribution in [3.8, 4) is 0 Å². The van der Waals surface area contributed by atoms with Crippen molar-refractivity contribution in [3.05, 3.63) is 35.9 Å². The Balaban J connectivity index is 2.03. The van der Waals surface area contributed by atoms with Crippen molar-refractivity contribution in [2.45, 2.75) is 51.1 Å². The molecule has 0 heterocycles. The second kappa shape index (κ2) is 6.71. The van der Waals surface area contributed by atoms with Gasteiger partial charge in [-0.2, -0.15) is 0 Å². The number of carbonyl (C=O) groups is 1. The van der Waals surface area contributed by atoms with Crippen molar-refractivity contribution in [2.75, 3.05) is 0 Å². The van der Waals surface area contributed by atoms with Gasteiger partial charge in [-0.1, -0.05) is 56.5 Å². The van der Waals surface area contributed by atoms with Crippen LogP contribution in [-0.2, 0) is 4.79 Å². The van der Waals surface area contributed by atoms with Gasteiger partial charge in [-0.15, -0.1) is 0 Å². The molecule has 0 spiro atoms. The van der Waals surface area contributed by atoms with Crippen LogP contribution in [0.2, 0.25) is 0 Å². The first-order valence-electron chi connectivity index (χ1n) is 7.24. The molecule has 19 heavy (non-hydrogen) atoms. The van der Waals surface area contributed by atoms with Crippen LogP contribution in [0, 0.1) is 5.92 Å². The molecule has 3 unspecified atom stereocenters. The Morgan fingerprint density at radius 1 is 1.37 bits per heavy atom. The average Bonchev–Trinajstić information content (AvgIpc) is 2.45. The molecule has 0 aliphatic heterocycles. The summed E-state index contributed by atoms with van der Waals surface area (Å²) >= 11 is 0. The maximum Gasteiger partial charge on any atom is 0.325 e. The quantitative estimate of drug-likeness (QED) is 0.854. The molecule has 3 nitrogen and oxygen atoms in total. The van der Waals surface area contributed by atoms with Gasteiger partial charge in [0, 0.05) is 6.04 Å². The largest absolute Gasteiger partial charge is 0.480 e. The summed E-state index contributed by atoms with van der Waals surface area (Å²) in [5.41, 5.74) is 0.841. The molecule has 0 amide bonds. The third-order valence-corrected chi connectivity index (χ3v) is 4.14. The first kappa shape index (κ1) is 14.1. The molecule has 1 aliphatic carbocycles. The fourth-order valence-corrected chi connectivity index (χ4v) is 3.00. The molecule has 1 aromatic rings. The standard InChI is InChI=1S/C16H23NO2/c1-2-12-7-6-10-14(11-12)17-15(16(18)19)13-8-4-3-5-9-13/h3-5,8-9,12,14-15,17H,2,6-7,10-11H2,1H3,(H,18,19). The zero-order valence-corrected chi connectivity index (χ0v) is 11.5. The molecule has 2 rings (SSSR count). The van der Waals surface area contributed by atoms with E-state index in [1.165, 1.54) is 19.3 Å². The fourth-order valence-electron chi connectivity index (χ4n) is 3.00. The SMILES string of the molecule is CCC1CCCC(NC(C(=O)O)c2ccccc2)C1. The molecule has 1 saturated carbocycles. The summed E-state index contributed by atoms with van der Waals surface area (Å²) in [7, 11) is 0. The Morgan fingerprint density at radius 2 is 2.11 bits per heavy atom. The van der Waals surface area contributed by atoms with E-state index >= 15 is 0 Å². The second-order valence-corrected chi connectivity index (χ2v) is 5.49. The maximum absolute atomic E-state index is 11.5. The molecular formula is C16H23NO2. The van der Waals surface area contributed by atoms with E-state index in [9.17, 15) is 9.90 Å². The first-order valence-corrected chi connectivity index (χ1v) is 7.24. The summed E-state index contributed by atoms with van der Waals surface area (Å²) in [5.74, 6) is -0.0405. The van der Waals surface area contributed by atoms with E-state index in [-0.39, 0.29) is 0 Å². The third kappa shape index (κ3) is 3.80. The summed E-state index contributed by atoms with van der Waals surface area (Å²) in [6.07, 6.45) is 5.89. The van der Waals surface area contributed by atoms with Gasteiger partial charge in [0.05, 0.1) is 0 Å². The van der Waals surface area contributed by atoms with E-state index in [4.69, 9.17) is 0 Å². The van der Waals surface area contributed by atoms with Crippen LogP contribution in [0.3, 0.4) is 0 Å². The number of rotatable bonds is 5. The highest BCUT2D eigenvalue weighted by molar-refractivity contribution is 5.75. The minimum atomic E-state index is -0.787. The van der Waals surface area contributed by atoms with Crippen LogP contribution >= 0.6 is 0 Å². The Hall–Kier alpha value is -1.35. The minimum absolute atomic E-state index is 0.333. The Kier molecular flexibility index (Phi) is 4.97. The molecule has 0 saturated heterocycles. The van der Waals surface area contributed by atoms with Crippen LogP contribution in [0.4, 0.5) is 0 Å². The van der Waals surface area contributed by atoms with Gasteiger partial charge < -0.3 is 5.11 Å². The van der Waals surface area contributed by atoms with Crippen molar-refractivity contribution in [1.82, 2.24) is 5.32 Å². The van der Waals surface area contributed by atoms with E-state index in [2.05, 4.69) is 12.2 Å². The predicted octanol–water partition coefficient (Wildman–Crippen LogP) is 3.37. The zero-order chi connectivity index (χ0) is 13.7. The lowest BCUT2D eigenvalue weighted by Gasteiger charge is -2.31. The van der Waals surface area contributed by atoms with Gasteiger partial charge in [0.1, 0.15) is 6.04 Å². The van der Waals surface area contributed by atoms with Crippen LogP contribution in [0.1, 0.15) is 50.6 Å². The van der Waals surface area contributed by atoms with Crippen LogP contribution in [0.5, 0.6) is 0 Å². The van der Waals surface area contributed by atoms with E-state index in [1.54, 1.807) is 0 Å². The normalized spacial score (nSPS) is 24.9. The van der Waals surface area contributed by atoms with E-state index < -0.39 is 12.0 Å². The van der Waals surface area contributed by atoms with Crippen molar-refractivity contribution < 1.29 is 9.90 Å². The molecule has 1 aromatic carbocycles. The lowest BCUT2D eigenvalue weighted by Crippen LogP contribution is -2.39. The zero-order valence-electron chi connectivity index (χ0n) is 11.5. The Morgan fingerprint density at radius 3 is 2.74 bits per heavy atom. The molecule has 104 valence electrons. The highest BCUT2D eigenvalue weighted by Crippen LogP contribution is 2.28. The van der Waals surface area contributed by atoms with Gasteiger partial charge in [-0.3, -0.25) is 10.1 Å². The average molecular weight is 261 g/mol. The van der Waals surface area contributed by atoms with Gasteiger partial charge in [0.2, 0.25) is 0 Å². The number of aliphatic carboxylic acids is 1. The van der Waals surface area contributed by atoms with Crippen LogP contribution in [0.15, 0.2) is 30.3 Å². The molecule has 3 heteroatoms. The Labute approximate surface area is 115 Å². The van der Waals surface area contributed by atoms with Gasteiger partial charge in [0.15, 0.2) is 0 Å². The first-order chi connectivity index (χ1) is 9.20. The van der Waals surface area contributed by atoms with Crippen LogP contribution < -0.4 is 5.32 Å². The van der Waals surface area contributed by atoms with Gasteiger partial charge in [-0.25, -0.2) is 0 Å². The highest BCUT2D eigenvalue weighted by Gasteiger charge is 2.26. The van der Waals surface area contributed by atoms with Crippen LogP contribution in [-0.4, -0.2) is 17.1 Å². The van der Waals surface area contributed by atoms with Gasteiger partial charge in [-0.05, 0) is 24.3 Å². The summed E-state index contributed by atoms with van der Waals surface area (Å²) in [4.78, 5) is 11.5. The van der Waals surface area contributed by atoms with Crippen LogP contribution in [0.25, 0.3) is 0 Å². The molecule has 1 aliphatic rings. The number of carboxylic acids is 1. The van der Waals surface area contributed by atoms with E-state index in [0.717, 1.165) is 24.3 Å². The van der Waals surface area contributed by atoms with E-state index in [1.807, 2.05) is 30.3 Å². The molecule has 0 aromatic heterocycles. The molecule has 2 N–H and O–H groups in total. The maximum atomic E-state index is 11.5. The molecule has 3 atom stereocenters. The van der Waals surface area contributed by atoms with E-state index in [0.29, 0.717) is 6.04 Å². The molecule has 0 bridgehead atoms. The monoisotopic (exact) mass is 261 g/mol. The fraction of sp³-hybridized carbons (Fsp3) is 0.562. The second-order valence-electron chi connectivity index (χ2n) is 5.49. The molecular weight excluding hydrogens is 238 g/mol. The lowest BCUT2D eigenvalue weighted by atomic mass is 9.83. The number of carboxylic acid groups (broad SMARTS) is 1. The lowest BCUT2D eigenvalue weighted by molar-refractivity contribution is -0.140. The summed E-state index contributed by atoms with van der Waals surface area (Å²) in [5, 5.41) is 12.8. The van der Waals surface area contributed by atoms with Gasteiger partial charge in [0.25, 0.3) is 0 Å². The molecule has 1 fully saturated rings. The minimum Gasteiger partial charge on any atom is -0.480 e. The van der Waals surface area contributed by atoms with Crippen molar-refractivity contribution in [3.63, 3.8) is 0 Å². The predicted molar refractivity (Wildman–Crippen MR) is 76.0 cm³/mol. The van der Waals surface area contributed by atoms with Gasteiger partial charge >= 0.3 is 5.97 Å². The topological polar surface area (TPSA) is 49.3 Å². The summed E-state index contributed by atoms with van der Waals surface area (Å²) in [6, 6.07) is 9.21. The third-order valence-electron chi connectivity index (χ3n) is 4.14. The number of hydrogen-bond acceptors (Lipinski definition) is 2. The number of benzene rings is 1. The highest BCUT2D eigenvalue weighted by atomic mass is 16.4. The van der Waals surface area contributed by atoms with Crippen molar-refractivity contribution >= 4 is 5.97 Å². The number of nitrogens with one attached hydrogen (secondary N) is 1. The smallest absolute Gasteiger partial charge is 0.325 e. The van der Waals surface area contributed by atoms with Crippen molar-refractivity contribution in [1.29, 1.82) is 0 Å². The van der Waals surface area contributed by atoms with Crippen molar-refractivity contribution in [2.24, 2.45) is 5.92 Å².